The van der Waals surface area contributed by atoms with Crippen LogP contribution in [0.1, 0.15) is 31.2 Å². The molecule has 0 bridgehead atoms. The molecule has 9 nitrogen and oxygen atoms in total. The standard InChI is InChI=1S/C25H30N6O3/c1-16-20(9-6-10-22(16)31(33)34)29-25(32)27-18-13-11-17(12-14-18)26-24-15-23(30(2)3)19-7-4-5-8-21(19)28-24/h4-10,15,17-18H,11-14H2,1-3H3,(H,26,28)(H2,27,29,32)/t17-,18+. The number of fused-ring (bicyclic) bond motifs is 1. The molecule has 0 atom stereocenters. The Bertz CT molecular complexity index is 1200. The predicted octanol–water partition coefficient (Wildman–Crippen LogP) is 5.06. The molecule has 0 unspecified atom stereocenters. The van der Waals surface area contributed by atoms with Gasteiger partial charge in [-0.15, -0.1) is 0 Å². The smallest absolute Gasteiger partial charge is 0.319 e. The van der Waals surface area contributed by atoms with Crippen LogP contribution in [0, 0.1) is 17.0 Å². The number of nitro benzene ring substituents is 1. The van der Waals surface area contributed by atoms with E-state index in [0.717, 1.165) is 48.1 Å². The second kappa shape index (κ2) is 9.94. The number of carbonyl (C=O) groups is 1. The Kier molecular flexibility index (Phi) is 6.81. The van der Waals surface area contributed by atoms with Crippen LogP contribution in [0.2, 0.25) is 0 Å². The number of hydrogen-bond donors (Lipinski definition) is 3. The van der Waals surface area contributed by atoms with Crippen molar-refractivity contribution in [1.82, 2.24) is 10.3 Å². The van der Waals surface area contributed by atoms with Gasteiger partial charge in [-0.25, -0.2) is 9.78 Å². The molecule has 1 aliphatic carbocycles. The van der Waals surface area contributed by atoms with E-state index in [1.807, 2.05) is 32.3 Å². The van der Waals surface area contributed by atoms with Gasteiger partial charge in [-0.1, -0.05) is 24.3 Å². The highest BCUT2D eigenvalue weighted by Crippen LogP contribution is 2.29. The van der Waals surface area contributed by atoms with Crippen molar-refractivity contribution < 1.29 is 9.72 Å². The summed E-state index contributed by atoms with van der Waals surface area (Å²) < 4.78 is 0. The first-order chi connectivity index (χ1) is 16.3. The van der Waals surface area contributed by atoms with E-state index in [2.05, 4.69) is 33.0 Å². The number of urea groups is 1. The summed E-state index contributed by atoms with van der Waals surface area (Å²) in [7, 11) is 4.06. The Balaban J connectivity index is 1.33. The zero-order valence-electron chi connectivity index (χ0n) is 19.7. The number of hydrogen-bond acceptors (Lipinski definition) is 6. The molecular weight excluding hydrogens is 432 g/mol. The average molecular weight is 463 g/mol. The zero-order chi connectivity index (χ0) is 24.2. The predicted molar refractivity (Wildman–Crippen MR) is 136 cm³/mol. The van der Waals surface area contributed by atoms with Crippen molar-refractivity contribution in [3.8, 4) is 0 Å². The first-order valence-corrected chi connectivity index (χ1v) is 11.5. The third kappa shape index (κ3) is 5.19. The number of pyridine rings is 1. The molecule has 1 saturated carbocycles. The highest BCUT2D eigenvalue weighted by molar-refractivity contribution is 5.93. The van der Waals surface area contributed by atoms with Gasteiger partial charge in [0.2, 0.25) is 0 Å². The Morgan fingerprint density at radius 2 is 1.76 bits per heavy atom. The van der Waals surface area contributed by atoms with Crippen LogP contribution in [0.3, 0.4) is 0 Å². The minimum absolute atomic E-state index is 0.0101. The van der Waals surface area contributed by atoms with Crippen molar-refractivity contribution >= 4 is 39.8 Å². The zero-order valence-corrected chi connectivity index (χ0v) is 19.7. The highest BCUT2D eigenvalue weighted by Gasteiger charge is 2.24. The maximum Gasteiger partial charge on any atom is 0.319 e. The molecular formula is C25H30N6O3. The van der Waals surface area contributed by atoms with Crippen molar-refractivity contribution in [2.75, 3.05) is 29.6 Å². The quantitative estimate of drug-likeness (QED) is 0.349. The van der Waals surface area contributed by atoms with Gasteiger partial charge in [0.25, 0.3) is 5.69 Å². The number of nitrogens with zero attached hydrogens (tertiary/aromatic N) is 3. The van der Waals surface area contributed by atoms with E-state index < -0.39 is 4.92 Å². The van der Waals surface area contributed by atoms with Crippen molar-refractivity contribution in [2.24, 2.45) is 0 Å². The van der Waals surface area contributed by atoms with Gasteiger partial charge in [-0.2, -0.15) is 0 Å². The number of benzene rings is 2. The van der Waals surface area contributed by atoms with Crippen LogP contribution < -0.4 is 20.9 Å². The van der Waals surface area contributed by atoms with Crippen molar-refractivity contribution in [3.05, 3.63) is 64.2 Å². The number of rotatable bonds is 6. The molecule has 1 fully saturated rings. The molecule has 0 spiro atoms. The van der Waals surface area contributed by atoms with Crippen LogP contribution >= 0.6 is 0 Å². The van der Waals surface area contributed by atoms with Crippen LogP contribution in [-0.4, -0.2) is 42.1 Å². The summed E-state index contributed by atoms with van der Waals surface area (Å²) in [5, 5.41) is 21.6. The van der Waals surface area contributed by atoms with Crippen LogP contribution in [0.15, 0.2) is 48.5 Å². The maximum atomic E-state index is 12.5. The first kappa shape index (κ1) is 23.3. The molecule has 9 heteroatoms. The minimum Gasteiger partial charge on any atom is -0.377 e. The lowest BCUT2D eigenvalue weighted by Crippen LogP contribution is -2.42. The normalized spacial score (nSPS) is 17.7. The SMILES string of the molecule is Cc1c(NC(=O)N[C@H]2CC[C@@H](Nc3cc(N(C)C)c4ccccc4n3)CC2)cccc1[N+](=O)[O-]. The van der Waals surface area contributed by atoms with Crippen LogP contribution in [0.4, 0.5) is 27.7 Å². The second-order valence-electron chi connectivity index (χ2n) is 8.94. The number of para-hydroxylation sites is 1. The van der Waals surface area contributed by atoms with Crippen LogP contribution in [-0.2, 0) is 0 Å². The molecule has 0 radical (unpaired) electrons. The minimum atomic E-state index is -0.446. The van der Waals surface area contributed by atoms with Crippen LogP contribution in [0.25, 0.3) is 10.9 Å². The Hall–Kier alpha value is -3.88. The van der Waals surface area contributed by atoms with Crippen molar-refractivity contribution in [3.63, 3.8) is 0 Å². The second-order valence-corrected chi connectivity index (χ2v) is 8.94. The number of anilines is 3. The van der Waals surface area contributed by atoms with Gasteiger partial charge >= 0.3 is 6.03 Å². The van der Waals surface area contributed by atoms with E-state index >= 15 is 0 Å². The molecule has 2 aromatic carbocycles. The summed E-state index contributed by atoms with van der Waals surface area (Å²) in [6, 6.07) is 14.9. The fraction of sp³-hybridized carbons (Fsp3) is 0.360. The summed E-state index contributed by atoms with van der Waals surface area (Å²) in [6.45, 7) is 1.63. The van der Waals surface area contributed by atoms with Crippen LogP contribution in [0.5, 0.6) is 0 Å². The van der Waals surface area contributed by atoms with Gasteiger partial charge in [0.15, 0.2) is 0 Å². The lowest BCUT2D eigenvalue weighted by molar-refractivity contribution is -0.385. The van der Waals surface area contributed by atoms with E-state index in [0.29, 0.717) is 11.3 Å². The fourth-order valence-electron chi connectivity index (χ4n) is 4.49. The Morgan fingerprint density at radius 3 is 2.47 bits per heavy atom. The number of aromatic nitrogens is 1. The summed E-state index contributed by atoms with van der Waals surface area (Å²) >= 11 is 0. The average Bonchev–Trinajstić information content (AvgIpc) is 2.81. The van der Waals surface area contributed by atoms with E-state index in [-0.39, 0.29) is 23.8 Å². The van der Waals surface area contributed by atoms with Gasteiger partial charge in [0.05, 0.1) is 21.7 Å². The van der Waals surface area contributed by atoms with Gasteiger partial charge < -0.3 is 20.9 Å². The van der Waals surface area contributed by atoms with Gasteiger partial charge in [-0.3, -0.25) is 10.1 Å². The molecule has 0 aliphatic heterocycles. The fourth-order valence-corrected chi connectivity index (χ4v) is 4.49. The van der Waals surface area contributed by atoms with Crippen molar-refractivity contribution in [2.45, 2.75) is 44.7 Å². The lowest BCUT2D eigenvalue weighted by atomic mass is 9.91. The molecule has 34 heavy (non-hydrogen) atoms. The highest BCUT2D eigenvalue weighted by atomic mass is 16.6. The largest absolute Gasteiger partial charge is 0.377 e. The topological polar surface area (TPSA) is 112 Å². The molecule has 4 rings (SSSR count). The molecule has 3 N–H and O–H groups in total. The van der Waals surface area contributed by atoms with E-state index in [4.69, 9.17) is 4.98 Å². The van der Waals surface area contributed by atoms with Crippen molar-refractivity contribution in [1.29, 1.82) is 0 Å². The molecule has 3 aromatic rings. The number of carbonyl (C=O) groups excluding carboxylic acids is 1. The van der Waals surface area contributed by atoms with Gasteiger partial charge in [-0.05, 0) is 44.7 Å². The van der Waals surface area contributed by atoms with E-state index in [1.165, 1.54) is 6.07 Å². The monoisotopic (exact) mass is 462 g/mol. The number of amides is 2. The van der Waals surface area contributed by atoms with E-state index in [9.17, 15) is 14.9 Å². The molecule has 0 saturated heterocycles. The van der Waals surface area contributed by atoms with Gasteiger partial charge in [0, 0.05) is 49.4 Å². The molecule has 2 amide bonds. The molecule has 1 aromatic heterocycles. The third-order valence-electron chi connectivity index (χ3n) is 6.34. The van der Waals surface area contributed by atoms with Gasteiger partial charge in [0.1, 0.15) is 5.82 Å². The maximum absolute atomic E-state index is 12.5. The summed E-state index contributed by atoms with van der Waals surface area (Å²) in [4.78, 5) is 30.0. The number of nitro groups is 1. The summed E-state index contributed by atoms with van der Waals surface area (Å²) in [6.07, 6.45) is 3.50. The molecule has 1 heterocycles. The summed E-state index contributed by atoms with van der Waals surface area (Å²) in [5.74, 6) is 0.859. The van der Waals surface area contributed by atoms with E-state index in [1.54, 1.807) is 19.1 Å². The number of nitrogens with one attached hydrogen (secondary N) is 3. The third-order valence-corrected chi connectivity index (χ3v) is 6.34. The molecule has 178 valence electrons. The lowest BCUT2D eigenvalue weighted by Gasteiger charge is -2.30. The first-order valence-electron chi connectivity index (χ1n) is 11.5. The molecule has 1 aliphatic rings. The Morgan fingerprint density at radius 1 is 1.06 bits per heavy atom. The summed E-state index contributed by atoms with van der Waals surface area (Å²) in [5.41, 5.74) is 2.96. The Labute approximate surface area is 198 Å².